The van der Waals surface area contributed by atoms with Crippen LogP contribution in [0.3, 0.4) is 0 Å². The van der Waals surface area contributed by atoms with Crippen LogP contribution >= 0.6 is 0 Å². The first kappa shape index (κ1) is 19.5. The molecule has 0 saturated carbocycles. The van der Waals surface area contributed by atoms with Gasteiger partial charge in [0.25, 0.3) is 0 Å². The number of hydrogen-bond acceptors (Lipinski definition) is 4. The highest BCUT2D eigenvalue weighted by atomic mass is 16.5. The Labute approximate surface area is 165 Å². The van der Waals surface area contributed by atoms with Crippen LogP contribution in [0.15, 0.2) is 84.9 Å². The number of anilines is 2. The lowest BCUT2D eigenvalue weighted by atomic mass is 10.2. The number of hydrogen-bond donors (Lipinski definition) is 2. The van der Waals surface area contributed by atoms with Gasteiger partial charge in [-0.1, -0.05) is 48.5 Å². The third-order valence-corrected chi connectivity index (χ3v) is 4.21. The molecule has 5 heteroatoms. The van der Waals surface area contributed by atoms with E-state index in [2.05, 4.69) is 5.32 Å². The number of amides is 1. The van der Waals surface area contributed by atoms with E-state index in [4.69, 9.17) is 4.74 Å². The summed E-state index contributed by atoms with van der Waals surface area (Å²) in [7, 11) is 0. The fourth-order valence-corrected chi connectivity index (χ4v) is 2.81. The van der Waals surface area contributed by atoms with Crippen LogP contribution in [-0.2, 0) is 11.4 Å². The van der Waals surface area contributed by atoms with Crippen LogP contribution in [0.4, 0.5) is 11.4 Å². The van der Waals surface area contributed by atoms with Crippen LogP contribution in [0.2, 0.25) is 0 Å². The molecule has 0 unspecified atom stereocenters. The van der Waals surface area contributed by atoms with Crippen molar-refractivity contribution < 1.29 is 14.6 Å². The molecule has 0 radical (unpaired) electrons. The molecule has 144 valence electrons. The average Bonchev–Trinajstić information content (AvgIpc) is 2.74. The van der Waals surface area contributed by atoms with Crippen LogP contribution in [0.5, 0.6) is 5.75 Å². The fraction of sp³-hybridized carbons (Fsp3) is 0.174. The summed E-state index contributed by atoms with van der Waals surface area (Å²) in [6.45, 7) is 1.04. The molecule has 0 aliphatic rings. The Kier molecular flexibility index (Phi) is 7.04. The number of rotatable bonds is 9. The second-order valence-corrected chi connectivity index (χ2v) is 6.33. The molecule has 0 bridgehead atoms. The second kappa shape index (κ2) is 10.1. The number of carbonyl (C=O) groups excluding carboxylic acids is 1. The van der Waals surface area contributed by atoms with Gasteiger partial charge in [-0.15, -0.1) is 0 Å². The third kappa shape index (κ3) is 5.86. The van der Waals surface area contributed by atoms with E-state index in [-0.39, 0.29) is 19.1 Å². The van der Waals surface area contributed by atoms with Crippen molar-refractivity contribution in [1.29, 1.82) is 0 Å². The predicted octanol–water partition coefficient (Wildman–Crippen LogP) is 3.70. The quantitative estimate of drug-likeness (QED) is 0.598. The molecule has 0 atom stereocenters. The van der Waals surface area contributed by atoms with Gasteiger partial charge in [-0.05, 0) is 42.0 Å². The minimum Gasteiger partial charge on any atom is -0.489 e. The molecular formula is C23H24N2O3. The van der Waals surface area contributed by atoms with Crippen molar-refractivity contribution in [2.45, 2.75) is 6.61 Å². The molecular weight excluding hydrogens is 352 g/mol. The molecule has 0 fully saturated rings. The molecule has 3 rings (SSSR count). The van der Waals surface area contributed by atoms with Gasteiger partial charge in [0.2, 0.25) is 5.91 Å². The molecule has 0 aromatic heterocycles. The van der Waals surface area contributed by atoms with Gasteiger partial charge in [0.05, 0.1) is 13.2 Å². The first-order valence-electron chi connectivity index (χ1n) is 9.22. The average molecular weight is 376 g/mol. The molecule has 28 heavy (non-hydrogen) atoms. The number of nitrogens with one attached hydrogen (secondary N) is 1. The largest absolute Gasteiger partial charge is 0.489 e. The van der Waals surface area contributed by atoms with Gasteiger partial charge in [-0.2, -0.15) is 0 Å². The Morgan fingerprint density at radius 1 is 0.893 bits per heavy atom. The van der Waals surface area contributed by atoms with Crippen molar-refractivity contribution in [3.8, 4) is 5.75 Å². The number of aliphatic hydroxyl groups is 1. The van der Waals surface area contributed by atoms with Crippen molar-refractivity contribution in [2.75, 3.05) is 29.9 Å². The summed E-state index contributed by atoms with van der Waals surface area (Å²) in [4.78, 5) is 14.2. The number of para-hydroxylation sites is 1. The van der Waals surface area contributed by atoms with E-state index in [1.54, 1.807) is 0 Å². The van der Waals surface area contributed by atoms with Gasteiger partial charge in [-0.3, -0.25) is 4.79 Å². The van der Waals surface area contributed by atoms with Gasteiger partial charge in [0, 0.05) is 17.9 Å². The number of nitrogens with zero attached hydrogens (tertiary/aromatic N) is 1. The maximum absolute atomic E-state index is 12.4. The van der Waals surface area contributed by atoms with Gasteiger partial charge in [0.15, 0.2) is 0 Å². The van der Waals surface area contributed by atoms with Gasteiger partial charge < -0.3 is 20.1 Å². The van der Waals surface area contributed by atoms with Crippen molar-refractivity contribution in [3.63, 3.8) is 0 Å². The summed E-state index contributed by atoms with van der Waals surface area (Å²) >= 11 is 0. The van der Waals surface area contributed by atoms with E-state index in [9.17, 15) is 9.90 Å². The predicted molar refractivity (Wildman–Crippen MR) is 112 cm³/mol. The standard InChI is InChI=1S/C23H24N2O3/c26-16-15-25(21-9-5-2-6-10-21)17-23(27)24-20-11-13-22(14-12-20)28-18-19-7-3-1-4-8-19/h1-14,26H,15-18H2,(H,24,27). The van der Waals surface area contributed by atoms with Crippen molar-refractivity contribution in [2.24, 2.45) is 0 Å². The highest BCUT2D eigenvalue weighted by Crippen LogP contribution is 2.18. The van der Waals surface area contributed by atoms with Crippen molar-refractivity contribution in [3.05, 3.63) is 90.5 Å². The van der Waals surface area contributed by atoms with Crippen LogP contribution in [0, 0.1) is 0 Å². The fourth-order valence-electron chi connectivity index (χ4n) is 2.81. The topological polar surface area (TPSA) is 61.8 Å². The maximum Gasteiger partial charge on any atom is 0.243 e. The smallest absolute Gasteiger partial charge is 0.243 e. The number of benzene rings is 3. The summed E-state index contributed by atoms with van der Waals surface area (Å²) in [5, 5.41) is 12.2. The Bertz CT molecular complexity index is 852. The zero-order valence-corrected chi connectivity index (χ0v) is 15.6. The lowest BCUT2D eigenvalue weighted by Crippen LogP contribution is -2.35. The van der Waals surface area contributed by atoms with Gasteiger partial charge >= 0.3 is 0 Å². The first-order chi connectivity index (χ1) is 13.7. The molecule has 2 N–H and O–H groups in total. The summed E-state index contributed by atoms with van der Waals surface area (Å²) in [5.74, 6) is 0.600. The zero-order valence-electron chi connectivity index (χ0n) is 15.6. The summed E-state index contributed by atoms with van der Waals surface area (Å²) in [5.41, 5.74) is 2.70. The third-order valence-electron chi connectivity index (χ3n) is 4.21. The normalized spacial score (nSPS) is 10.3. The van der Waals surface area contributed by atoms with Crippen LogP contribution in [0.1, 0.15) is 5.56 Å². The van der Waals surface area contributed by atoms with Gasteiger partial charge in [-0.25, -0.2) is 0 Å². The summed E-state index contributed by atoms with van der Waals surface area (Å²) in [6, 6.07) is 26.8. The van der Waals surface area contributed by atoms with Crippen LogP contribution in [-0.4, -0.2) is 30.7 Å². The van der Waals surface area contributed by atoms with Crippen LogP contribution < -0.4 is 15.0 Å². The van der Waals surface area contributed by atoms with E-state index in [0.717, 1.165) is 17.0 Å². The lowest BCUT2D eigenvalue weighted by molar-refractivity contribution is -0.115. The number of ether oxygens (including phenoxy) is 1. The maximum atomic E-state index is 12.4. The Balaban J connectivity index is 1.53. The second-order valence-electron chi connectivity index (χ2n) is 6.33. The molecule has 0 aliphatic carbocycles. The summed E-state index contributed by atoms with van der Waals surface area (Å²) < 4.78 is 5.76. The lowest BCUT2D eigenvalue weighted by Gasteiger charge is -2.23. The van der Waals surface area contributed by atoms with E-state index in [0.29, 0.717) is 18.8 Å². The van der Waals surface area contributed by atoms with E-state index < -0.39 is 0 Å². The Morgan fingerprint density at radius 2 is 1.54 bits per heavy atom. The Hall–Kier alpha value is -3.31. The SMILES string of the molecule is O=C(CN(CCO)c1ccccc1)Nc1ccc(OCc2ccccc2)cc1. The zero-order chi connectivity index (χ0) is 19.6. The molecule has 1 amide bonds. The number of carbonyl (C=O) groups is 1. The monoisotopic (exact) mass is 376 g/mol. The molecule has 0 saturated heterocycles. The van der Waals surface area contributed by atoms with Crippen LogP contribution in [0.25, 0.3) is 0 Å². The van der Waals surface area contributed by atoms with E-state index in [1.807, 2.05) is 89.8 Å². The highest BCUT2D eigenvalue weighted by molar-refractivity contribution is 5.94. The molecule has 0 heterocycles. The highest BCUT2D eigenvalue weighted by Gasteiger charge is 2.11. The van der Waals surface area contributed by atoms with E-state index in [1.165, 1.54) is 0 Å². The molecule has 3 aromatic rings. The molecule has 5 nitrogen and oxygen atoms in total. The summed E-state index contributed by atoms with van der Waals surface area (Å²) in [6.07, 6.45) is 0. The first-order valence-corrected chi connectivity index (χ1v) is 9.22. The van der Waals surface area contributed by atoms with Crippen molar-refractivity contribution >= 4 is 17.3 Å². The van der Waals surface area contributed by atoms with E-state index >= 15 is 0 Å². The molecule has 3 aromatic carbocycles. The minimum atomic E-state index is -0.143. The molecule has 0 spiro atoms. The van der Waals surface area contributed by atoms with Crippen molar-refractivity contribution in [1.82, 2.24) is 0 Å². The Morgan fingerprint density at radius 3 is 2.18 bits per heavy atom. The number of aliphatic hydroxyl groups excluding tert-OH is 1. The molecule has 0 aliphatic heterocycles. The minimum absolute atomic E-state index is 0.0182. The van der Waals surface area contributed by atoms with Gasteiger partial charge in [0.1, 0.15) is 12.4 Å².